The Morgan fingerprint density at radius 1 is 1.47 bits per heavy atom. The summed E-state index contributed by atoms with van der Waals surface area (Å²) in [6, 6.07) is 5.34. The van der Waals surface area contributed by atoms with Gasteiger partial charge in [-0.15, -0.1) is 0 Å². The average molecular weight is 265 g/mol. The van der Waals surface area contributed by atoms with E-state index in [0.29, 0.717) is 18.0 Å². The molecule has 2 N–H and O–H groups in total. The van der Waals surface area contributed by atoms with Gasteiger partial charge in [-0.2, -0.15) is 0 Å². The Morgan fingerprint density at radius 2 is 2.26 bits per heavy atom. The molecule has 1 aliphatic rings. The molecule has 0 saturated heterocycles. The third-order valence-electron chi connectivity index (χ3n) is 4.30. The van der Waals surface area contributed by atoms with Crippen LogP contribution in [-0.2, 0) is 6.54 Å². The smallest absolute Gasteiger partial charge is 0.126 e. The number of halogens is 1. The molecule has 2 atom stereocenters. The lowest BCUT2D eigenvalue weighted by atomic mass is 9.77. The Hall–Kier alpha value is -0.930. The zero-order chi connectivity index (χ0) is 13.9. The predicted octanol–water partition coefficient (Wildman–Crippen LogP) is 3.16. The molecule has 2 rings (SSSR count). The molecular formula is C16H24FNO. The molecule has 0 aliphatic heterocycles. The van der Waals surface area contributed by atoms with Gasteiger partial charge in [0.1, 0.15) is 5.82 Å². The molecule has 0 spiro atoms. The van der Waals surface area contributed by atoms with E-state index in [0.717, 1.165) is 24.8 Å². The molecule has 3 heteroatoms. The molecule has 106 valence electrons. The van der Waals surface area contributed by atoms with Gasteiger partial charge in [-0.1, -0.05) is 31.9 Å². The average Bonchev–Trinajstić information content (AvgIpc) is 2.40. The van der Waals surface area contributed by atoms with Crippen LogP contribution in [0.25, 0.3) is 0 Å². The van der Waals surface area contributed by atoms with Gasteiger partial charge in [0.25, 0.3) is 0 Å². The van der Waals surface area contributed by atoms with Gasteiger partial charge in [0.2, 0.25) is 0 Å². The Morgan fingerprint density at radius 3 is 2.89 bits per heavy atom. The fraction of sp³-hybridized carbons (Fsp3) is 0.625. The Bertz CT molecular complexity index is 435. The van der Waals surface area contributed by atoms with Crippen molar-refractivity contribution in [3.63, 3.8) is 0 Å². The van der Waals surface area contributed by atoms with Crippen molar-refractivity contribution in [2.24, 2.45) is 5.92 Å². The molecule has 19 heavy (non-hydrogen) atoms. The van der Waals surface area contributed by atoms with Crippen LogP contribution in [-0.4, -0.2) is 17.3 Å². The summed E-state index contributed by atoms with van der Waals surface area (Å²) in [6.07, 6.45) is 4.39. The highest BCUT2D eigenvalue weighted by atomic mass is 19.1. The van der Waals surface area contributed by atoms with E-state index < -0.39 is 0 Å². The molecule has 0 bridgehead atoms. The molecular weight excluding hydrogens is 241 g/mol. The number of benzene rings is 1. The summed E-state index contributed by atoms with van der Waals surface area (Å²) in [5, 5.41) is 13.2. The molecule has 1 aromatic rings. The summed E-state index contributed by atoms with van der Waals surface area (Å²) < 4.78 is 13.5. The van der Waals surface area contributed by atoms with E-state index in [9.17, 15) is 9.50 Å². The summed E-state index contributed by atoms with van der Waals surface area (Å²) in [7, 11) is 0. The van der Waals surface area contributed by atoms with Gasteiger partial charge in [-0.05, 0) is 42.9 Å². The number of aryl methyl sites for hydroxylation is 1. The zero-order valence-corrected chi connectivity index (χ0v) is 11.9. The van der Waals surface area contributed by atoms with Crippen molar-refractivity contribution in [1.82, 2.24) is 5.32 Å². The van der Waals surface area contributed by atoms with Gasteiger partial charge in [0.15, 0.2) is 0 Å². The molecule has 0 radical (unpaired) electrons. The summed E-state index contributed by atoms with van der Waals surface area (Å²) in [6.45, 7) is 4.78. The first-order valence-corrected chi connectivity index (χ1v) is 7.15. The fourth-order valence-electron chi connectivity index (χ4n) is 3.06. The summed E-state index contributed by atoms with van der Waals surface area (Å²) in [5.41, 5.74) is 1.43. The number of rotatable bonds is 4. The molecule has 0 aromatic heterocycles. The van der Waals surface area contributed by atoms with Crippen LogP contribution >= 0.6 is 0 Å². The third-order valence-corrected chi connectivity index (χ3v) is 4.30. The monoisotopic (exact) mass is 265 g/mol. The standard InChI is InChI=1S/C16H24FNO/c1-12-4-3-7-16(9-12,11-19)18-10-14-6-5-13(2)15(17)8-14/h5-6,8,12,18-19H,3-4,7,9-11H2,1-2H3. The second-order valence-corrected chi connectivity index (χ2v) is 6.08. The number of nitrogens with one attached hydrogen (secondary N) is 1. The molecule has 2 unspecified atom stereocenters. The first-order valence-electron chi connectivity index (χ1n) is 7.15. The van der Waals surface area contributed by atoms with E-state index in [1.54, 1.807) is 13.0 Å². The van der Waals surface area contributed by atoms with E-state index in [1.807, 2.05) is 12.1 Å². The van der Waals surface area contributed by atoms with Crippen LogP contribution in [0.1, 0.15) is 43.7 Å². The number of hydrogen-bond donors (Lipinski definition) is 2. The van der Waals surface area contributed by atoms with Crippen LogP contribution < -0.4 is 5.32 Å². The fourth-order valence-corrected chi connectivity index (χ4v) is 3.06. The second-order valence-electron chi connectivity index (χ2n) is 6.08. The van der Waals surface area contributed by atoms with E-state index in [-0.39, 0.29) is 18.0 Å². The number of aliphatic hydroxyl groups is 1. The van der Waals surface area contributed by atoms with E-state index in [1.165, 1.54) is 6.42 Å². The number of aliphatic hydroxyl groups excluding tert-OH is 1. The Labute approximate surface area is 115 Å². The molecule has 1 aromatic carbocycles. The van der Waals surface area contributed by atoms with Crippen LogP contribution in [0.15, 0.2) is 18.2 Å². The van der Waals surface area contributed by atoms with Crippen LogP contribution in [0, 0.1) is 18.7 Å². The van der Waals surface area contributed by atoms with E-state index in [2.05, 4.69) is 12.2 Å². The topological polar surface area (TPSA) is 32.3 Å². The molecule has 1 aliphatic carbocycles. The lowest BCUT2D eigenvalue weighted by Gasteiger charge is -2.39. The highest BCUT2D eigenvalue weighted by Crippen LogP contribution is 2.32. The van der Waals surface area contributed by atoms with E-state index >= 15 is 0 Å². The quantitative estimate of drug-likeness (QED) is 0.876. The van der Waals surface area contributed by atoms with Gasteiger partial charge in [-0.25, -0.2) is 4.39 Å². The SMILES string of the molecule is Cc1ccc(CNC2(CO)CCCC(C)C2)cc1F. The maximum absolute atomic E-state index is 13.5. The van der Waals surface area contributed by atoms with Crippen molar-refractivity contribution < 1.29 is 9.50 Å². The maximum atomic E-state index is 13.5. The van der Waals surface area contributed by atoms with Crippen molar-refractivity contribution in [2.75, 3.05) is 6.61 Å². The maximum Gasteiger partial charge on any atom is 0.126 e. The lowest BCUT2D eigenvalue weighted by molar-refractivity contribution is 0.0982. The van der Waals surface area contributed by atoms with Gasteiger partial charge < -0.3 is 10.4 Å². The van der Waals surface area contributed by atoms with Crippen LogP contribution in [0.3, 0.4) is 0 Å². The van der Waals surface area contributed by atoms with Crippen LogP contribution in [0.5, 0.6) is 0 Å². The van der Waals surface area contributed by atoms with Crippen molar-refractivity contribution in [3.05, 3.63) is 35.1 Å². The Balaban J connectivity index is 2.01. The van der Waals surface area contributed by atoms with Crippen LogP contribution in [0.2, 0.25) is 0 Å². The van der Waals surface area contributed by atoms with Gasteiger partial charge >= 0.3 is 0 Å². The summed E-state index contributed by atoms with van der Waals surface area (Å²) in [4.78, 5) is 0. The van der Waals surface area contributed by atoms with Crippen molar-refractivity contribution >= 4 is 0 Å². The molecule has 1 fully saturated rings. The van der Waals surface area contributed by atoms with Crippen molar-refractivity contribution in [2.45, 2.75) is 51.6 Å². The van der Waals surface area contributed by atoms with Gasteiger partial charge in [-0.3, -0.25) is 0 Å². The summed E-state index contributed by atoms with van der Waals surface area (Å²) in [5.74, 6) is 0.484. The third kappa shape index (κ3) is 3.54. The highest BCUT2D eigenvalue weighted by molar-refractivity contribution is 5.23. The second kappa shape index (κ2) is 6.02. The molecule has 1 saturated carbocycles. The van der Waals surface area contributed by atoms with Gasteiger partial charge in [0, 0.05) is 12.1 Å². The summed E-state index contributed by atoms with van der Waals surface area (Å²) >= 11 is 0. The van der Waals surface area contributed by atoms with Crippen molar-refractivity contribution in [3.8, 4) is 0 Å². The van der Waals surface area contributed by atoms with Crippen LogP contribution in [0.4, 0.5) is 4.39 Å². The first-order chi connectivity index (χ1) is 9.04. The van der Waals surface area contributed by atoms with Crippen molar-refractivity contribution in [1.29, 1.82) is 0 Å². The predicted molar refractivity (Wildman–Crippen MR) is 75.4 cm³/mol. The normalized spacial score (nSPS) is 27.5. The minimum Gasteiger partial charge on any atom is -0.394 e. The zero-order valence-electron chi connectivity index (χ0n) is 11.9. The number of hydrogen-bond acceptors (Lipinski definition) is 2. The lowest BCUT2D eigenvalue weighted by Crippen LogP contribution is -2.51. The minimum absolute atomic E-state index is 0.158. The van der Waals surface area contributed by atoms with Gasteiger partial charge in [0.05, 0.1) is 6.61 Å². The molecule has 0 amide bonds. The Kier molecular flexibility index (Phi) is 4.58. The minimum atomic E-state index is -0.182. The first kappa shape index (κ1) is 14.5. The van der Waals surface area contributed by atoms with E-state index in [4.69, 9.17) is 0 Å². The highest BCUT2D eigenvalue weighted by Gasteiger charge is 2.33. The molecule has 0 heterocycles. The largest absolute Gasteiger partial charge is 0.394 e. The molecule has 2 nitrogen and oxygen atoms in total.